The van der Waals surface area contributed by atoms with Gasteiger partial charge in [0, 0.05) is 17.7 Å². The van der Waals surface area contributed by atoms with Gasteiger partial charge in [0.1, 0.15) is 11.5 Å². The molecule has 0 spiro atoms. The highest BCUT2D eigenvalue weighted by Gasteiger charge is 2.12. The van der Waals surface area contributed by atoms with E-state index >= 15 is 0 Å². The van der Waals surface area contributed by atoms with Crippen molar-refractivity contribution in [2.75, 3.05) is 20.8 Å². The molecule has 0 amide bonds. The van der Waals surface area contributed by atoms with E-state index in [4.69, 9.17) is 9.47 Å². The Labute approximate surface area is 110 Å². The first-order chi connectivity index (χ1) is 8.62. The highest BCUT2D eigenvalue weighted by atomic mass is 16.5. The Morgan fingerprint density at radius 1 is 1.28 bits per heavy atom. The maximum Gasteiger partial charge on any atom is 0.127 e. The van der Waals surface area contributed by atoms with Crippen molar-refractivity contribution in [3.05, 3.63) is 23.8 Å². The van der Waals surface area contributed by atoms with Gasteiger partial charge in [-0.3, -0.25) is 0 Å². The average molecular weight is 251 g/mol. The van der Waals surface area contributed by atoms with Gasteiger partial charge in [-0.2, -0.15) is 0 Å². The first-order valence-electron chi connectivity index (χ1n) is 6.60. The summed E-state index contributed by atoms with van der Waals surface area (Å²) < 4.78 is 11.2. The molecule has 0 aliphatic heterocycles. The van der Waals surface area contributed by atoms with Crippen LogP contribution in [-0.2, 0) is 0 Å². The molecule has 0 saturated heterocycles. The molecule has 2 unspecified atom stereocenters. The smallest absolute Gasteiger partial charge is 0.127 e. The quantitative estimate of drug-likeness (QED) is 0.805. The Kier molecular flexibility index (Phi) is 5.99. The van der Waals surface area contributed by atoms with E-state index < -0.39 is 0 Å². The molecule has 0 aliphatic rings. The molecule has 2 atom stereocenters. The Balaban J connectivity index is 2.89. The van der Waals surface area contributed by atoms with Crippen LogP contribution in [0, 0.1) is 5.92 Å². The molecule has 0 fully saturated rings. The van der Waals surface area contributed by atoms with Crippen LogP contribution in [0.5, 0.6) is 11.5 Å². The topological polar surface area (TPSA) is 30.5 Å². The monoisotopic (exact) mass is 251 g/mol. The Morgan fingerprint density at radius 3 is 2.56 bits per heavy atom. The maximum atomic E-state index is 5.94. The lowest BCUT2D eigenvalue weighted by atomic mass is 10.1. The van der Waals surface area contributed by atoms with Crippen molar-refractivity contribution in [3.8, 4) is 11.5 Å². The van der Waals surface area contributed by atoms with E-state index in [-0.39, 0.29) is 6.04 Å². The van der Waals surface area contributed by atoms with Crippen LogP contribution in [0.2, 0.25) is 0 Å². The summed E-state index contributed by atoms with van der Waals surface area (Å²) >= 11 is 0. The summed E-state index contributed by atoms with van der Waals surface area (Å²) in [6, 6.07) is 6.26. The van der Waals surface area contributed by atoms with Crippen molar-refractivity contribution >= 4 is 0 Å². The molecule has 102 valence electrons. The predicted molar refractivity (Wildman–Crippen MR) is 75.4 cm³/mol. The number of benzene rings is 1. The molecule has 1 rings (SSSR count). The molecule has 1 N–H and O–H groups in total. The van der Waals surface area contributed by atoms with E-state index in [1.54, 1.807) is 7.11 Å². The Bertz CT molecular complexity index is 366. The zero-order valence-electron chi connectivity index (χ0n) is 12.1. The molecule has 1 aromatic carbocycles. The van der Waals surface area contributed by atoms with Crippen molar-refractivity contribution < 1.29 is 9.47 Å². The number of rotatable bonds is 7. The lowest BCUT2D eigenvalue weighted by molar-refractivity contribution is 0.251. The van der Waals surface area contributed by atoms with Gasteiger partial charge in [-0.1, -0.05) is 26.3 Å². The summed E-state index contributed by atoms with van der Waals surface area (Å²) in [6.07, 6.45) is 1.13. The van der Waals surface area contributed by atoms with Gasteiger partial charge < -0.3 is 14.8 Å². The SMILES string of the molecule is CCC(C)COc1cc(OC)ccc1C(C)NC. The van der Waals surface area contributed by atoms with Crippen LogP contribution in [0.15, 0.2) is 18.2 Å². The largest absolute Gasteiger partial charge is 0.497 e. The van der Waals surface area contributed by atoms with E-state index in [1.807, 2.05) is 19.2 Å². The number of methoxy groups -OCH3 is 1. The summed E-state index contributed by atoms with van der Waals surface area (Å²) in [5.74, 6) is 2.31. The van der Waals surface area contributed by atoms with Crippen LogP contribution in [0.25, 0.3) is 0 Å². The fourth-order valence-electron chi connectivity index (χ4n) is 1.63. The van der Waals surface area contributed by atoms with Gasteiger partial charge in [-0.15, -0.1) is 0 Å². The van der Waals surface area contributed by atoms with Crippen molar-refractivity contribution in [2.24, 2.45) is 5.92 Å². The van der Waals surface area contributed by atoms with Crippen molar-refractivity contribution in [1.82, 2.24) is 5.32 Å². The summed E-state index contributed by atoms with van der Waals surface area (Å²) in [7, 11) is 3.63. The van der Waals surface area contributed by atoms with Crippen LogP contribution < -0.4 is 14.8 Å². The number of hydrogen-bond acceptors (Lipinski definition) is 3. The number of hydrogen-bond donors (Lipinski definition) is 1. The maximum absolute atomic E-state index is 5.94. The molecule has 3 heteroatoms. The zero-order valence-corrected chi connectivity index (χ0v) is 12.1. The Hall–Kier alpha value is -1.22. The van der Waals surface area contributed by atoms with Crippen LogP contribution in [0.1, 0.15) is 38.8 Å². The summed E-state index contributed by atoms with van der Waals surface area (Å²) in [5, 5.41) is 3.24. The summed E-state index contributed by atoms with van der Waals surface area (Å²) in [6.45, 7) is 7.24. The molecular formula is C15H25NO2. The van der Waals surface area contributed by atoms with Gasteiger partial charge in [-0.05, 0) is 26.0 Å². The van der Waals surface area contributed by atoms with Crippen LogP contribution in [0.3, 0.4) is 0 Å². The summed E-state index contributed by atoms with van der Waals surface area (Å²) in [4.78, 5) is 0. The van der Waals surface area contributed by atoms with Gasteiger partial charge >= 0.3 is 0 Å². The van der Waals surface area contributed by atoms with Gasteiger partial charge in [0.05, 0.1) is 13.7 Å². The zero-order chi connectivity index (χ0) is 13.5. The summed E-state index contributed by atoms with van der Waals surface area (Å²) in [5.41, 5.74) is 1.17. The minimum absolute atomic E-state index is 0.267. The second-order valence-electron chi connectivity index (χ2n) is 4.74. The lowest BCUT2D eigenvalue weighted by Gasteiger charge is -2.19. The van der Waals surface area contributed by atoms with Crippen LogP contribution in [0.4, 0.5) is 0 Å². The average Bonchev–Trinajstić information content (AvgIpc) is 2.43. The van der Waals surface area contributed by atoms with Gasteiger partial charge in [-0.25, -0.2) is 0 Å². The third kappa shape index (κ3) is 3.91. The van der Waals surface area contributed by atoms with Gasteiger partial charge in [0.2, 0.25) is 0 Å². The minimum atomic E-state index is 0.267. The highest BCUT2D eigenvalue weighted by molar-refractivity contribution is 5.42. The third-order valence-electron chi connectivity index (χ3n) is 3.34. The van der Waals surface area contributed by atoms with Crippen molar-refractivity contribution in [2.45, 2.75) is 33.2 Å². The predicted octanol–water partition coefficient (Wildman–Crippen LogP) is 3.40. The normalized spacial score (nSPS) is 14.1. The second-order valence-corrected chi connectivity index (χ2v) is 4.74. The van der Waals surface area contributed by atoms with Crippen molar-refractivity contribution in [3.63, 3.8) is 0 Å². The standard InChI is InChI=1S/C15H25NO2/c1-6-11(2)10-18-15-9-13(17-5)7-8-14(15)12(3)16-4/h7-9,11-12,16H,6,10H2,1-5H3. The van der Waals surface area contributed by atoms with Gasteiger partial charge in [0.15, 0.2) is 0 Å². The van der Waals surface area contributed by atoms with Crippen molar-refractivity contribution in [1.29, 1.82) is 0 Å². The molecule has 0 heterocycles. The minimum Gasteiger partial charge on any atom is -0.497 e. The molecule has 0 bridgehead atoms. The molecular weight excluding hydrogens is 226 g/mol. The number of ether oxygens (including phenoxy) is 2. The fourth-order valence-corrected chi connectivity index (χ4v) is 1.63. The highest BCUT2D eigenvalue weighted by Crippen LogP contribution is 2.29. The molecule has 18 heavy (non-hydrogen) atoms. The van der Waals surface area contributed by atoms with E-state index in [9.17, 15) is 0 Å². The van der Waals surface area contributed by atoms with E-state index in [0.29, 0.717) is 5.92 Å². The van der Waals surface area contributed by atoms with Crippen LogP contribution in [-0.4, -0.2) is 20.8 Å². The third-order valence-corrected chi connectivity index (χ3v) is 3.34. The van der Waals surface area contributed by atoms with Crippen LogP contribution >= 0.6 is 0 Å². The first kappa shape index (κ1) is 14.8. The number of nitrogens with one attached hydrogen (secondary N) is 1. The molecule has 0 aromatic heterocycles. The Morgan fingerprint density at radius 2 is 2.00 bits per heavy atom. The van der Waals surface area contributed by atoms with Gasteiger partial charge in [0.25, 0.3) is 0 Å². The molecule has 0 radical (unpaired) electrons. The molecule has 3 nitrogen and oxygen atoms in total. The first-order valence-corrected chi connectivity index (χ1v) is 6.60. The van der Waals surface area contributed by atoms with E-state index in [0.717, 1.165) is 24.5 Å². The molecule has 1 aromatic rings. The molecule has 0 saturated carbocycles. The lowest BCUT2D eigenvalue weighted by Crippen LogP contribution is -2.15. The fraction of sp³-hybridized carbons (Fsp3) is 0.600. The van der Waals surface area contributed by atoms with E-state index in [1.165, 1.54) is 5.56 Å². The second kappa shape index (κ2) is 7.27. The van der Waals surface area contributed by atoms with E-state index in [2.05, 4.69) is 32.2 Å². The molecule has 0 aliphatic carbocycles.